The van der Waals surface area contributed by atoms with Crippen molar-refractivity contribution in [3.63, 3.8) is 0 Å². The smallest absolute Gasteiger partial charge is 0.342 e. The first-order valence-corrected chi connectivity index (χ1v) is 13.2. The lowest BCUT2D eigenvalue weighted by Gasteiger charge is -2.42. The molecule has 40 heavy (non-hydrogen) atoms. The predicted octanol–water partition coefficient (Wildman–Crippen LogP) is 4.58. The number of H-pyrrole nitrogens is 2. The van der Waals surface area contributed by atoms with Crippen LogP contribution in [0, 0.1) is 5.41 Å². The van der Waals surface area contributed by atoms with Crippen molar-refractivity contribution in [1.29, 1.82) is 0 Å². The van der Waals surface area contributed by atoms with Crippen molar-refractivity contribution in [3.8, 4) is 0 Å². The third kappa shape index (κ3) is 3.76. The van der Waals surface area contributed by atoms with Gasteiger partial charge in [-0.15, -0.1) is 0 Å². The van der Waals surface area contributed by atoms with Gasteiger partial charge >= 0.3 is 6.18 Å². The number of piperidine rings is 1. The molecule has 4 heterocycles. The molecule has 1 aromatic carbocycles. The van der Waals surface area contributed by atoms with Crippen LogP contribution >= 0.6 is 0 Å². The van der Waals surface area contributed by atoms with Crippen molar-refractivity contribution < 1.29 is 17.6 Å². The fraction of sp³-hybridized carbons (Fsp3) is 0.357. The second-order valence-corrected chi connectivity index (χ2v) is 10.9. The van der Waals surface area contributed by atoms with Gasteiger partial charge in [-0.2, -0.15) is 23.3 Å². The second-order valence-electron chi connectivity index (χ2n) is 10.9. The van der Waals surface area contributed by atoms with E-state index in [2.05, 4.69) is 37.3 Å². The molecule has 0 amide bonds. The monoisotopic (exact) mass is 551 g/mol. The maximum atomic E-state index is 15.2. The van der Waals surface area contributed by atoms with E-state index in [1.54, 1.807) is 0 Å². The Morgan fingerprint density at radius 2 is 1.82 bits per heavy atom. The lowest BCUT2D eigenvalue weighted by Crippen LogP contribution is -2.45. The number of rotatable bonds is 2. The number of halogens is 4. The zero-order chi connectivity index (χ0) is 27.8. The highest BCUT2D eigenvalue weighted by molar-refractivity contribution is 5.94. The van der Waals surface area contributed by atoms with E-state index in [4.69, 9.17) is 5.73 Å². The average Bonchev–Trinajstić information content (AvgIpc) is 3.47. The van der Waals surface area contributed by atoms with E-state index in [1.807, 2.05) is 17.0 Å². The van der Waals surface area contributed by atoms with E-state index in [0.29, 0.717) is 19.0 Å². The summed E-state index contributed by atoms with van der Waals surface area (Å²) in [5.74, 6) is -0.192. The van der Waals surface area contributed by atoms with Gasteiger partial charge in [0.1, 0.15) is 22.6 Å². The molecule has 4 N–H and O–H groups in total. The normalized spacial score (nSPS) is 20.3. The number of allylic oxidation sites excluding steroid dienone is 1. The second kappa shape index (κ2) is 8.72. The number of aromatic amines is 2. The molecule has 2 aliphatic carbocycles. The molecule has 1 spiro atoms. The van der Waals surface area contributed by atoms with Gasteiger partial charge in [0.2, 0.25) is 5.95 Å². The number of fused-ring (bicyclic) bond motifs is 3. The van der Waals surface area contributed by atoms with Crippen molar-refractivity contribution in [1.82, 2.24) is 25.1 Å². The third-order valence-corrected chi connectivity index (χ3v) is 8.69. The Morgan fingerprint density at radius 3 is 2.58 bits per heavy atom. The van der Waals surface area contributed by atoms with Gasteiger partial charge in [0.25, 0.3) is 5.56 Å². The van der Waals surface area contributed by atoms with Crippen LogP contribution in [0.2, 0.25) is 0 Å². The Bertz CT molecular complexity index is 1750. The summed E-state index contributed by atoms with van der Waals surface area (Å²) in [6.45, 7) is 1.30. The number of benzene rings is 1. The lowest BCUT2D eigenvalue weighted by molar-refractivity contribution is -0.141. The fourth-order valence-electron chi connectivity index (χ4n) is 6.56. The lowest BCUT2D eigenvalue weighted by atomic mass is 9.73. The molecule has 1 aliphatic heterocycles. The summed E-state index contributed by atoms with van der Waals surface area (Å²) in [5, 5.41) is 6.96. The molecule has 3 aromatic heterocycles. The van der Waals surface area contributed by atoms with Crippen LogP contribution in [0.4, 0.5) is 23.5 Å². The van der Waals surface area contributed by atoms with Gasteiger partial charge in [-0.1, -0.05) is 30.3 Å². The molecule has 8 nitrogen and oxygen atoms in total. The molecular formula is C28H25F4N7O. The van der Waals surface area contributed by atoms with Crippen LogP contribution in [0.5, 0.6) is 0 Å². The first-order chi connectivity index (χ1) is 19.1. The number of hydrogen-bond acceptors (Lipinski definition) is 6. The third-order valence-electron chi connectivity index (χ3n) is 8.69. The average molecular weight is 552 g/mol. The van der Waals surface area contributed by atoms with Crippen LogP contribution in [0.15, 0.2) is 47.0 Å². The van der Waals surface area contributed by atoms with Gasteiger partial charge in [-0.25, -0.2) is 9.37 Å². The van der Waals surface area contributed by atoms with E-state index in [1.165, 1.54) is 17.2 Å². The molecule has 206 valence electrons. The van der Waals surface area contributed by atoms with Crippen molar-refractivity contribution >= 4 is 22.6 Å². The number of pyridine rings is 1. The van der Waals surface area contributed by atoms with E-state index in [0.717, 1.165) is 25.3 Å². The summed E-state index contributed by atoms with van der Waals surface area (Å²) >= 11 is 0. The molecule has 7 rings (SSSR count). The Hall–Kier alpha value is -4.06. The molecule has 1 saturated heterocycles. The Balaban J connectivity index is 1.19. The standard InChI is InChI=1S/C28H25F4N7O/c29-17-6-7-18-16(5-8-19(34-18)28(30,31)32)20(17)22-21-24(38-37-22)35-26(36-25(21)40)39-11-9-27(10-12-39)13-14-3-1-2-4-15(14)23(27)33/h1-5,8,23H,6-7,9-13,33H2,(H2,35,36,37,38,40)/t23-/m1/s1. The zero-order valence-corrected chi connectivity index (χ0v) is 21.3. The number of nitrogens with one attached hydrogen (secondary N) is 2. The van der Waals surface area contributed by atoms with Gasteiger partial charge in [0, 0.05) is 42.4 Å². The zero-order valence-electron chi connectivity index (χ0n) is 21.3. The number of anilines is 1. The molecule has 12 heteroatoms. The summed E-state index contributed by atoms with van der Waals surface area (Å²) in [5.41, 5.74) is 8.01. The quantitative estimate of drug-likeness (QED) is 0.314. The molecule has 1 atom stereocenters. The molecule has 0 radical (unpaired) electrons. The number of aromatic nitrogens is 5. The number of nitrogens with two attached hydrogens (primary N) is 1. The highest BCUT2D eigenvalue weighted by Crippen LogP contribution is 2.51. The first kappa shape index (κ1) is 24.9. The van der Waals surface area contributed by atoms with Crippen molar-refractivity contribution in [2.75, 3.05) is 18.0 Å². The van der Waals surface area contributed by atoms with Gasteiger partial charge in [0.15, 0.2) is 5.65 Å². The number of alkyl halides is 3. The summed E-state index contributed by atoms with van der Waals surface area (Å²) in [6, 6.07) is 10.2. The Morgan fingerprint density at radius 1 is 1.05 bits per heavy atom. The highest BCUT2D eigenvalue weighted by Gasteiger charge is 2.46. The molecule has 0 bridgehead atoms. The largest absolute Gasteiger partial charge is 0.433 e. The predicted molar refractivity (Wildman–Crippen MR) is 140 cm³/mol. The molecule has 0 unspecified atom stereocenters. The highest BCUT2D eigenvalue weighted by atomic mass is 19.4. The SMILES string of the molecule is N[C@@H]1c2ccccc2CC12CCN(c1nc3[nH]nc(C4=C(F)CCc5nc(C(F)(F)F)ccc54)c3c(=O)[nH]1)CC2. The van der Waals surface area contributed by atoms with Crippen LogP contribution in [-0.4, -0.2) is 38.2 Å². The van der Waals surface area contributed by atoms with Crippen LogP contribution in [0.3, 0.4) is 0 Å². The molecule has 3 aliphatic rings. The number of nitrogens with zero attached hydrogens (tertiary/aromatic N) is 4. The summed E-state index contributed by atoms with van der Waals surface area (Å²) in [7, 11) is 0. The molecule has 1 fully saturated rings. The van der Waals surface area contributed by atoms with E-state index < -0.39 is 23.3 Å². The minimum Gasteiger partial charge on any atom is -0.342 e. The maximum Gasteiger partial charge on any atom is 0.433 e. The van der Waals surface area contributed by atoms with E-state index in [9.17, 15) is 18.0 Å². The number of hydrogen-bond donors (Lipinski definition) is 3. The van der Waals surface area contributed by atoms with Crippen LogP contribution in [0.1, 0.15) is 59.1 Å². The topological polar surface area (TPSA) is 117 Å². The van der Waals surface area contributed by atoms with Crippen LogP contribution in [-0.2, 0) is 19.0 Å². The fourth-order valence-corrected chi connectivity index (χ4v) is 6.56. The first-order valence-electron chi connectivity index (χ1n) is 13.2. The van der Waals surface area contributed by atoms with Gasteiger partial charge < -0.3 is 10.6 Å². The molecule has 4 aromatic rings. The Labute approximate surface area is 225 Å². The summed E-state index contributed by atoms with van der Waals surface area (Å²) < 4.78 is 54.7. The van der Waals surface area contributed by atoms with Crippen LogP contribution < -0.4 is 16.2 Å². The maximum absolute atomic E-state index is 15.2. The number of aryl methyl sites for hydroxylation is 1. The summed E-state index contributed by atoms with van der Waals surface area (Å²) in [4.78, 5) is 26.4. The van der Waals surface area contributed by atoms with Crippen molar-refractivity contribution in [2.45, 2.75) is 44.3 Å². The molecular weight excluding hydrogens is 526 g/mol. The van der Waals surface area contributed by atoms with Crippen molar-refractivity contribution in [2.24, 2.45) is 11.1 Å². The van der Waals surface area contributed by atoms with Gasteiger partial charge in [-0.3, -0.25) is 14.9 Å². The Kier molecular flexibility index (Phi) is 5.44. The summed E-state index contributed by atoms with van der Waals surface area (Å²) in [6.07, 6.45) is -2.16. The van der Waals surface area contributed by atoms with Gasteiger partial charge in [0.05, 0.1) is 0 Å². The van der Waals surface area contributed by atoms with Crippen molar-refractivity contribution in [3.05, 3.63) is 86.4 Å². The van der Waals surface area contributed by atoms with Crippen LogP contribution in [0.25, 0.3) is 16.6 Å². The van der Waals surface area contributed by atoms with Gasteiger partial charge in [-0.05, 0) is 48.3 Å². The minimum absolute atomic E-state index is 0.00241. The molecule has 0 saturated carbocycles. The minimum atomic E-state index is -4.62. The van der Waals surface area contributed by atoms with E-state index in [-0.39, 0.29) is 57.9 Å². The van der Waals surface area contributed by atoms with E-state index >= 15 is 4.39 Å².